The van der Waals surface area contributed by atoms with Crippen LogP contribution in [-0.4, -0.2) is 46.1 Å². The molecule has 1 fully saturated rings. The van der Waals surface area contributed by atoms with Crippen molar-refractivity contribution in [2.45, 2.75) is 63.4 Å². The largest absolute Gasteiger partial charge is 0.412 e. The van der Waals surface area contributed by atoms with Crippen LogP contribution in [0, 0.1) is 11.8 Å². The number of methoxy groups -OCH3 is 1. The Hall–Kier alpha value is -3.02. The topological polar surface area (TPSA) is 21.7 Å². The van der Waals surface area contributed by atoms with Crippen molar-refractivity contribution in [1.82, 2.24) is 4.90 Å². The van der Waals surface area contributed by atoms with Crippen LogP contribution in [0.15, 0.2) is 121 Å². The highest BCUT2D eigenvalue weighted by molar-refractivity contribution is 6.74. The molecule has 44 heavy (non-hydrogen) atoms. The quantitative estimate of drug-likeness (QED) is 0.126. The van der Waals surface area contributed by atoms with Gasteiger partial charge in [0, 0.05) is 26.1 Å². The van der Waals surface area contributed by atoms with Crippen molar-refractivity contribution >= 4 is 8.32 Å². The normalized spacial score (nSPS) is 19.0. The van der Waals surface area contributed by atoms with Gasteiger partial charge in [-0.05, 0) is 59.3 Å². The van der Waals surface area contributed by atoms with E-state index in [1.807, 2.05) is 7.11 Å². The Bertz CT molecular complexity index is 1320. The Labute approximate surface area is 267 Å². The minimum Gasteiger partial charge on any atom is -0.412 e. The zero-order valence-electron chi connectivity index (χ0n) is 27.6. The molecule has 1 aliphatic rings. The van der Waals surface area contributed by atoms with E-state index in [0.717, 1.165) is 26.1 Å². The van der Waals surface area contributed by atoms with Crippen LogP contribution in [0.3, 0.4) is 0 Å². The molecule has 0 aliphatic carbocycles. The van der Waals surface area contributed by atoms with Crippen molar-refractivity contribution in [3.05, 3.63) is 144 Å². The Morgan fingerprint density at radius 1 is 0.727 bits per heavy atom. The molecule has 0 spiro atoms. The van der Waals surface area contributed by atoms with Gasteiger partial charge in [0.25, 0.3) is 0 Å². The molecule has 0 saturated carbocycles. The Balaban J connectivity index is 1.67. The van der Waals surface area contributed by atoms with E-state index in [1.54, 1.807) is 0 Å². The lowest BCUT2D eigenvalue weighted by Gasteiger charge is -2.52. The van der Waals surface area contributed by atoms with E-state index in [2.05, 4.69) is 160 Å². The molecule has 3 atom stereocenters. The molecule has 1 aliphatic heterocycles. The molecule has 1 heterocycles. The van der Waals surface area contributed by atoms with Crippen molar-refractivity contribution in [2.75, 3.05) is 26.8 Å². The number of hydrogen-bond acceptors (Lipinski definition) is 3. The fraction of sp³-hybridized carbons (Fsp3) is 0.400. The molecule has 3 nitrogen and oxygen atoms in total. The molecule has 0 radical (unpaired) electrons. The van der Waals surface area contributed by atoms with Gasteiger partial charge in [-0.15, -0.1) is 0 Å². The third-order valence-electron chi connectivity index (χ3n) is 10.3. The smallest absolute Gasteiger partial charge is 0.192 e. The van der Waals surface area contributed by atoms with Gasteiger partial charge in [0.15, 0.2) is 8.32 Å². The van der Waals surface area contributed by atoms with Gasteiger partial charge in [-0.3, -0.25) is 4.90 Å². The number of likely N-dealkylation sites (tertiary alicyclic amines) is 1. The van der Waals surface area contributed by atoms with E-state index in [4.69, 9.17) is 9.16 Å². The predicted octanol–water partition coefficient (Wildman–Crippen LogP) is 9.20. The van der Waals surface area contributed by atoms with Crippen LogP contribution in [0.2, 0.25) is 18.1 Å². The monoisotopic (exact) mass is 605 g/mol. The van der Waals surface area contributed by atoms with Crippen LogP contribution in [0.4, 0.5) is 0 Å². The van der Waals surface area contributed by atoms with Crippen molar-refractivity contribution < 1.29 is 9.16 Å². The molecule has 232 valence electrons. The maximum absolute atomic E-state index is 7.50. The van der Waals surface area contributed by atoms with Crippen LogP contribution >= 0.6 is 0 Å². The standard InChI is InChI=1S/C40H51NO2Si/c1-39(2,3)44(5,6)43-38-30-41(29-32-19-11-7-12-20-32)28-27-36(38)37(31-42-4)40(33-21-13-8-14-22-33,34-23-15-9-16-24-34)35-25-17-10-18-26-35/h7-26,36-38H,27-31H2,1-6H3. The van der Waals surface area contributed by atoms with Gasteiger partial charge in [0.2, 0.25) is 0 Å². The first kappa shape index (κ1) is 32.4. The lowest BCUT2D eigenvalue weighted by atomic mass is 9.57. The van der Waals surface area contributed by atoms with E-state index in [1.165, 1.54) is 22.3 Å². The summed E-state index contributed by atoms with van der Waals surface area (Å²) in [5, 5.41) is 0.116. The first-order chi connectivity index (χ1) is 21.2. The molecular formula is C40H51NO2Si. The zero-order chi connectivity index (χ0) is 31.2. The summed E-state index contributed by atoms with van der Waals surface area (Å²) in [7, 11) is -0.221. The van der Waals surface area contributed by atoms with Crippen molar-refractivity contribution in [3.8, 4) is 0 Å². The fourth-order valence-corrected chi connectivity index (χ4v) is 8.48. The molecule has 0 aromatic heterocycles. The van der Waals surface area contributed by atoms with Gasteiger partial charge >= 0.3 is 0 Å². The van der Waals surface area contributed by atoms with E-state index in [9.17, 15) is 0 Å². The molecule has 0 amide bonds. The maximum atomic E-state index is 7.50. The van der Waals surface area contributed by atoms with E-state index in [-0.39, 0.29) is 23.0 Å². The van der Waals surface area contributed by atoms with E-state index < -0.39 is 13.7 Å². The maximum Gasteiger partial charge on any atom is 0.192 e. The highest BCUT2D eigenvalue weighted by Gasteiger charge is 2.52. The van der Waals surface area contributed by atoms with Crippen molar-refractivity contribution in [2.24, 2.45) is 11.8 Å². The molecule has 4 aromatic rings. The summed E-state index contributed by atoms with van der Waals surface area (Å²) in [5.74, 6) is 0.435. The molecule has 5 rings (SSSR count). The average molecular weight is 606 g/mol. The first-order valence-corrected chi connectivity index (χ1v) is 19.2. The second-order valence-corrected chi connectivity index (χ2v) is 18.8. The van der Waals surface area contributed by atoms with Gasteiger partial charge in [-0.2, -0.15) is 0 Å². The van der Waals surface area contributed by atoms with Crippen LogP contribution in [-0.2, 0) is 21.1 Å². The molecule has 0 bridgehead atoms. The Morgan fingerprint density at radius 3 is 1.61 bits per heavy atom. The predicted molar refractivity (Wildman–Crippen MR) is 186 cm³/mol. The minimum atomic E-state index is -2.09. The van der Waals surface area contributed by atoms with Gasteiger partial charge in [0.05, 0.1) is 18.1 Å². The average Bonchev–Trinajstić information content (AvgIpc) is 3.03. The van der Waals surface area contributed by atoms with Crippen molar-refractivity contribution in [3.63, 3.8) is 0 Å². The SMILES string of the molecule is COCC(C1CCN(Cc2ccccc2)CC1O[Si](C)(C)C(C)(C)C)C(c1ccccc1)(c1ccccc1)c1ccccc1. The fourth-order valence-electron chi connectivity index (χ4n) is 7.12. The molecule has 4 aromatic carbocycles. The summed E-state index contributed by atoms with van der Waals surface area (Å²) >= 11 is 0. The summed E-state index contributed by atoms with van der Waals surface area (Å²) < 4.78 is 13.7. The van der Waals surface area contributed by atoms with Gasteiger partial charge in [-0.1, -0.05) is 142 Å². The number of benzene rings is 4. The summed E-state index contributed by atoms with van der Waals surface area (Å²) in [4.78, 5) is 2.61. The summed E-state index contributed by atoms with van der Waals surface area (Å²) in [6.45, 7) is 15.4. The van der Waals surface area contributed by atoms with Gasteiger partial charge in [-0.25, -0.2) is 0 Å². The minimum absolute atomic E-state index is 0.0871. The molecule has 3 unspecified atom stereocenters. The molecule has 4 heteroatoms. The molecular weight excluding hydrogens is 555 g/mol. The Morgan fingerprint density at radius 2 is 1.18 bits per heavy atom. The number of piperidine rings is 1. The second-order valence-electron chi connectivity index (χ2n) is 14.1. The zero-order valence-corrected chi connectivity index (χ0v) is 28.6. The number of rotatable bonds is 11. The highest BCUT2D eigenvalue weighted by Crippen LogP contribution is 2.51. The van der Waals surface area contributed by atoms with Crippen molar-refractivity contribution in [1.29, 1.82) is 0 Å². The summed E-state index contributed by atoms with van der Waals surface area (Å²) in [5.41, 5.74) is 4.85. The summed E-state index contributed by atoms with van der Waals surface area (Å²) in [6.07, 6.45) is 1.14. The van der Waals surface area contributed by atoms with Crippen LogP contribution in [0.5, 0.6) is 0 Å². The summed E-state index contributed by atoms with van der Waals surface area (Å²) in [6, 6.07) is 44.3. The number of ether oxygens (including phenoxy) is 1. The third-order valence-corrected chi connectivity index (χ3v) is 14.8. The van der Waals surface area contributed by atoms with Crippen LogP contribution in [0.25, 0.3) is 0 Å². The molecule has 0 N–H and O–H groups in total. The van der Waals surface area contributed by atoms with Gasteiger partial charge < -0.3 is 9.16 Å². The van der Waals surface area contributed by atoms with E-state index in [0.29, 0.717) is 6.61 Å². The lowest BCUT2D eigenvalue weighted by Crippen LogP contribution is -2.57. The Kier molecular flexibility index (Phi) is 10.3. The number of hydrogen-bond donors (Lipinski definition) is 0. The number of nitrogens with zero attached hydrogens (tertiary/aromatic N) is 1. The second kappa shape index (κ2) is 14.0. The first-order valence-electron chi connectivity index (χ1n) is 16.3. The van der Waals surface area contributed by atoms with Gasteiger partial charge in [0.1, 0.15) is 0 Å². The van der Waals surface area contributed by atoms with Crippen LogP contribution < -0.4 is 0 Å². The van der Waals surface area contributed by atoms with Crippen LogP contribution in [0.1, 0.15) is 49.4 Å². The third kappa shape index (κ3) is 6.79. The van der Waals surface area contributed by atoms with E-state index >= 15 is 0 Å². The highest BCUT2D eigenvalue weighted by atomic mass is 28.4. The molecule has 1 saturated heterocycles. The lowest BCUT2D eigenvalue weighted by molar-refractivity contribution is -0.0301.